The van der Waals surface area contributed by atoms with Crippen molar-refractivity contribution in [1.82, 2.24) is 15.2 Å². The second-order valence-electron chi connectivity index (χ2n) is 7.72. The minimum atomic E-state index is -1.37. The van der Waals surface area contributed by atoms with Crippen LogP contribution in [-0.4, -0.2) is 58.6 Å². The molecule has 0 amide bonds. The van der Waals surface area contributed by atoms with Crippen molar-refractivity contribution in [3.63, 3.8) is 0 Å². The van der Waals surface area contributed by atoms with E-state index in [2.05, 4.69) is 24.8 Å². The molecular formula is C23H27FN6O3S. The molecule has 1 aliphatic rings. The minimum Gasteiger partial charge on any atom is -0.492 e. The van der Waals surface area contributed by atoms with Gasteiger partial charge >= 0.3 is 0 Å². The predicted octanol–water partition coefficient (Wildman–Crippen LogP) is 3.26. The van der Waals surface area contributed by atoms with Gasteiger partial charge in [0.2, 0.25) is 0 Å². The van der Waals surface area contributed by atoms with Crippen LogP contribution in [0, 0.1) is 5.82 Å². The monoisotopic (exact) mass is 486 g/mol. The summed E-state index contributed by atoms with van der Waals surface area (Å²) in [5.41, 5.74) is 8.71. The molecule has 34 heavy (non-hydrogen) atoms. The van der Waals surface area contributed by atoms with E-state index in [0.717, 1.165) is 18.9 Å². The number of nitrogens with one attached hydrogen (secondary N) is 1. The van der Waals surface area contributed by atoms with E-state index >= 15 is 0 Å². The van der Waals surface area contributed by atoms with E-state index in [9.17, 15) is 8.60 Å². The first-order valence-electron chi connectivity index (χ1n) is 11.0. The molecule has 1 aliphatic heterocycles. The van der Waals surface area contributed by atoms with E-state index in [1.54, 1.807) is 18.3 Å². The summed E-state index contributed by atoms with van der Waals surface area (Å²) in [5, 5.41) is 8.70. The zero-order valence-corrected chi connectivity index (χ0v) is 19.9. The molecule has 0 bridgehead atoms. The number of ether oxygens (including phenoxy) is 2. The van der Waals surface area contributed by atoms with Crippen LogP contribution in [0.1, 0.15) is 13.3 Å². The largest absolute Gasteiger partial charge is 0.492 e. The van der Waals surface area contributed by atoms with Gasteiger partial charge in [0.15, 0.2) is 17.4 Å². The number of rotatable bonds is 8. The smallest absolute Gasteiger partial charge is 0.178 e. The SMILES string of the molecule is CCCS(=O)Nc1cc(-c2cc(-c3ccc(N4CCOCC4)nn3)cnc2N)cc(F)c1OC. The molecular weight excluding hydrogens is 459 g/mol. The number of benzene rings is 1. The Hall–Kier alpha value is -3.31. The van der Waals surface area contributed by atoms with Crippen LogP contribution in [0.15, 0.2) is 36.5 Å². The average molecular weight is 487 g/mol. The summed E-state index contributed by atoms with van der Waals surface area (Å²) in [6.07, 6.45) is 2.32. The molecule has 0 saturated carbocycles. The van der Waals surface area contributed by atoms with Gasteiger partial charge in [0.05, 0.1) is 31.7 Å². The molecule has 9 nitrogen and oxygen atoms in total. The summed E-state index contributed by atoms with van der Waals surface area (Å²) in [7, 11) is -0.0107. The average Bonchev–Trinajstić information content (AvgIpc) is 2.85. The summed E-state index contributed by atoms with van der Waals surface area (Å²) in [6.45, 7) is 4.78. The Labute approximate surface area is 200 Å². The Morgan fingerprint density at radius 3 is 2.68 bits per heavy atom. The quantitative estimate of drug-likeness (QED) is 0.499. The number of hydrogen-bond donors (Lipinski definition) is 2. The summed E-state index contributed by atoms with van der Waals surface area (Å²) in [6, 6.07) is 8.53. The number of nitrogen functional groups attached to an aromatic ring is 1. The van der Waals surface area contributed by atoms with Crippen LogP contribution in [0.4, 0.5) is 21.7 Å². The van der Waals surface area contributed by atoms with Gasteiger partial charge in [-0.25, -0.2) is 13.6 Å². The lowest BCUT2D eigenvalue weighted by Gasteiger charge is -2.27. The van der Waals surface area contributed by atoms with Gasteiger partial charge < -0.3 is 24.8 Å². The zero-order chi connectivity index (χ0) is 24.1. The molecule has 11 heteroatoms. The molecule has 0 radical (unpaired) electrons. The highest BCUT2D eigenvalue weighted by Crippen LogP contribution is 2.37. The third-order valence-corrected chi connectivity index (χ3v) is 6.60. The van der Waals surface area contributed by atoms with Gasteiger partial charge in [-0.1, -0.05) is 6.92 Å². The van der Waals surface area contributed by atoms with Crippen LogP contribution >= 0.6 is 0 Å². The first-order valence-corrected chi connectivity index (χ1v) is 12.3. The molecule has 3 heterocycles. The highest BCUT2D eigenvalue weighted by atomic mass is 32.2. The second kappa shape index (κ2) is 10.7. The highest BCUT2D eigenvalue weighted by molar-refractivity contribution is 7.86. The minimum absolute atomic E-state index is 0.0135. The Bertz CT molecular complexity index is 1170. The predicted molar refractivity (Wildman–Crippen MR) is 132 cm³/mol. The topological polar surface area (TPSA) is 115 Å². The number of pyridine rings is 1. The van der Waals surface area contributed by atoms with E-state index in [1.807, 2.05) is 19.1 Å². The zero-order valence-electron chi connectivity index (χ0n) is 19.1. The van der Waals surface area contributed by atoms with Gasteiger partial charge in [-0.15, -0.1) is 10.2 Å². The molecule has 3 N–H and O–H groups in total. The van der Waals surface area contributed by atoms with Crippen molar-refractivity contribution in [1.29, 1.82) is 0 Å². The van der Waals surface area contributed by atoms with E-state index < -0.39 is 16.8 Å². The van der Waals surface area contributed by atoms with Crippen molar-refractivity contribution in [2.24, 2.45) is 0 Å². The first kappa shape index (κ1) is 23.8. The first-order chi connectivity index (χ1) is 16.5. The fourth-order valence-corrected chi connectivity index (χ4v) is 4.55. The molecule has 180 valence electrons. The maximum atomic E-state index is 14.8. The molecule has 1 atom stereocenters. The highest BCUT2D eigenvalue weighted by Gasteiger charge is 2.18. The lowest BCUT2D eigenvalue weighted by atomic mass is 10.0. The number of morpholine rings is 1. The maximum Gasteiger partial charge on any atom is 0.178 e. The second-order valence-corrected chi connectivity index (χ2v) is 9.03. The van der Waals surface area contributed by atoms with E-state index in [-0.39, 0.29) is 17.3 Å². The van der Waals surface area contributed by atoms with Crippen LogP contribution in [-0.2, 0) is 15.7 Å². The third-order valence-electron chi connectivity index (χ3n) is 5.37. The number of halogens is 1. The van der Waals surface area contributed by atoms with E-state index in [4.69, 9.17) is 15.2 Å². The maximum absolute atomic E-state index is 14.8. The van der Waals surface area contributed by atoms with E-state index in [1.165, 1.54) is 13.2 Å². The normalized spacial score (nSPS) is 14.6. The van der Waals surface area contributed by atoms with Crippen molar-refractivity contribution >= 4 is 28.3 Å². The number of aromatic nitrogens is 3. The van der Waals surface area contributed by atoms with Gasteiger partial charge in [0.25, 0.3) is 0 Å². The van der Waals surface area contributed by atoms with Crippen molar-refractivity contribution in [3.8, 4) is 28.1 Å². The molecule has 3 aromatic rings. The van der Waals surface area contributed by atoms with Gasteiger partial charge in [0.1, 0.15) is 16.8 Å². The number of methoxy groups -OCH3 is 1. The fraction of sp³-hybridized carbons (Fsp3) is 0.348. The van der Waals surface area contributed by atoms with Crippen LogP contribution in [0.2, 0.25) is 0 Å². The van der Waals surface area contributed by atoms with E-state index in [0.29, 0.717) is 47.8 Å². The van der Waals surface area contributed by atoms with Crippen molar-refractivity contribution < 1.29 is 18.1 Å². The van der Waals surface area contributed by atoms with Crippen LogP contribution in [0.3, 0.4) is 0 Å². The van der Waals surface area contributed by atoms with Crippen molar-refractivity contribution in [3.05, 3.63) is 42.3 Å². The van der Waals surface area contributed by atoms with Crippen LogP contribution < -0.4 is 20.1 Å². The Morgan fingerprint density at radius 2 is 2.00 bits per heavy atom. The summed E-state index contributed by atoms with van der Waals surface area (Å²) in [5.74, 6) is 0.819. The van der Waals surface area contributed by atoms with Gasteiger partial charge in [-0.05, 0) is 42.3 Å². The van der Waals surface area contributed by atoms with Crippen molar-refractivity contribution in [2.75, 3.05) is 54.5 Å². The van der Waals surface area contributed by atoms with Gasteiger partial charge in [0, 0.05) is 36.2 Å². The molecule has 4 rings (SSSR count). The standard InChI is InChI=1S/C23H27FN6O3S/c1-3-10-34(31)29-20-13-15(12-18(24)22(20)32-2)17-11-16(14-26-23(17)25)19-4-5-21(28-27-19)30-6-8-33-9-7-30/h4-5,11-14,29H,3,6-10H2,1-2H3,(H2,25,26). The molecule has 0 spiro atoms. The van der Waals surface area contributed by atoms with Gasteiger partial charge in [-0.3, -0.25) is 0 Å². The molecule has 2 aromatic heterocycles. The molecule has 1 saturated heterocycles. The Kier molecular flexibility index (Phi) is 7.53. The Balaban J connectivity index is 1.67. The molecule has 1 fully saturated rings. The van der Waals surface area contributed by atoms with Crippen LogP contribution in [0.5, 0.6) is 5.75 Å². The summed E-state index contributed by atoms with van der Waals surface area (Å²) < 4.78 is 40.5. The number of nitrogens with zero attached hydrogens (tertiary/aromatic N) is 4. The lowest BCUT2D eigenvalue weighted by molar-refractivity contribution is 0.122. The third kappa shape index (κ3) is 5.26. The molecule has 1 aromatic carbocycles. The fourth-order valence-electron chi connectivity index (χ4n) is 3.68. The number of nitrogens with two attached hydrogens (primary N) is 1. The molecule has 1 unspecified atom stereocenters. The number of anilines is 3. The summed E-state index contributed by atoms with van der Waals surface area (Å²) in [4.78, 5) is 6.40. The lowest BCUT2D eigenvalue weighted by Crippen LogP contribution is -2.36. The molecule has 0 aliphatic carbocycles. The summed E-state index contributed by atoms with van der Waals surface area (Å²) >= 11 is 0. The van der Waals surface area contributed by atoms with Gasteiger partial charge in [-0.2, -0.15) is 0 Å². The number of hydrogen-bond acceptors (Lipinski definition) is 8. The Morgan fingerprint density at radius 1 is 1.21 bits per heavy atom. The van der Waals surface area contributed by atoms with Crippen LogP contribution in [0.25, 0.3) is 22.4 Å². The van der Waals surface area contributed by atoms with Crippen molar-refractivity contribution in [2.45, 2.75) is 13.3 Å².